The van der Waals surface area contributed by atoms with Crippen LogP contribution in [0.5, 0.6) is 0 Å². The second kappa shape index (κ2) is 4.57. The molecule has 0 spiro atoms. The molecule has 0 fully saturated rings. The van der Waals surface area contributed by atoms with Crippen LogP contribution in [-0.2, 0) is 6.42 Å². The van der Waals surface area contributed by atoms with E-state index in [1.807, 2.05) is 0 Å². The highest BCUT2D eigenvalue weighted by Crippen LogP contribution is 2.33. The van der Waals surface area contributed by atoms with Gasteiger partial charge in [-0.3, -0.25) is 0 Å². The fourth-order valence-electron chi connectivity index (χ4n) is 2.38. The van der Waals surface area contributed by atoms with Crippen molar-refractivity contribution in [3.05, 3.63) is 52.4 Å². The maximum atomic E-state index is 5.50. The van der Waals surface area contributed by atoms with Crippen molar-refractivity contribution in [2.75, 3.05) is 5.32 Å². The van der Waals surface area contributed by atoms with Crippen molar-refractivity contribution in [3.63, 3.8) is 0 Å². The molecule has 3 rings (SSSR count). The van der Waals surface area contributed by atoms with Gasteiger partial charge in [0.1, 0.15) is 5.76 Å². The molecule has 2 aromatic rings. The molecule has 1 aliphatic rings. The molecule has 0 radical (unpaired) electrons. The molecule has 1 aromatic carbocycles. The largest absolute Gasteiger partial charge is 0.469 e. The average molecular weight is 292 g/mol. The van der Waals surface area contributed by atoms with Crippen molar-refractivity contribution in [1.29, 1.82) is 0 Å². The first-order valence-electron chi connectivity index (χ1n) is 5.91. The predicted octanol–water partition coefficient (Wildman–Crippen LogP) is 4.53. The van der Waals surface area contributed by atoms with E-state index in [1.165, 1.54) is 18.4 Å². The van der Waals surface area contributed by atoms with Crippen molar-refractivity contribution in [1.82, 2.24) is 0 Å². The van der Waals surface area contributed by atoms with E-state index in [0.29, 0.717) is 6.04 Å². The standard InChI is InChI=1S/C14H14BrNO/c15-10-4-6-11(7-5-10)16-13-2-1-3-14-12(13)8-9-17-14/h4-9,13,16H,1-3H2. The highest BCUT2D eigenvalue weighted by atomic mass is 79.9. The maximum absolute atomic E-state index is 5.50. The minimum Gasteiger partial charge on any atom is -0.469 e. The van der Waals surface area contributed by atoms with Crippen molar-refractivity contribution in [3.8, 4) is 0 Å². The summed E-state index contributed by atoms with van der Waals surface area (Å²) in [5.74, 6) is 1.14. The molecule has 1 aliphatic carbocycles. The first-order chi connectivity index (χ1) is 8.33. The summed E-state index contributed by atoms with van der Waals surface area (Å²) in [4.78, 5) is 0. The van der Waals surface area contributed by atoms with E-state index in [-0.39, 0.29) is 0 Å². The molecule has 0 saturated heterocycles. The van der Waals surface area contributed by atoms with E-state index in [2.05, 4.69) is 51.6 Å². The molecular formula is C14H14BrNO. The maximum Gasteiger partial charge on any atom is 0.109 e. The normalized spacial score (nSPS) is 18.8. The van der Waals surface area contributed by atoms with Gasteiger partial charge in [-0.05, 0) is 43.2 Å². The first kappa shape index (κ1) is 10.9. The van der Waals surface area contributed by atoms with E-state index in [0.717, 1.165) is 22.3 Å². The zero-order chi connectivity index (χ0) is 11.7. The second-order valence-electron chi connectivity index (χ2n) is 4.40. The van der Waals surface area contributed by atoms with Gasteiger partial charge in [-0.1, -0.05) is 15.9 Å². The molecule has 1 unspecified atom stereocenters. The zero-order valence-corrected chi connectivity index (χ0v) is 11.0. The molecule has 0 saturated carbocycles. The fraction of sp³-hybridized carbons (Fsp3) is 0.286. The fourth-order valence-corrected chi connectivity index (χ4v) is 2.65. The monoisotopic (exact) mass is 291 g/mol. The Bertz CT molecular complexity index is 503. The van der Waals surface area contributed by atoms with Crippen molar-refractivity contribution in [2.24, 2.45) is 0 Å². The van der Waals surface area contributed by atoms with Crippen LogP contribution < -0.4 is 5.32 Å². The highest BCUT2D eigenvalue weighted by molar-refractivity contribution is 9.10. The summed E-state index contributed by atoms with van der Waals surface area (Å²) >= 11 is 3.45. The first-order valence-corrected chi connectivity index (χ1v) is 6.70. The summed E-state index contributed by atoms with van der Waals surface area (Å²) in [6, 6.07) is 10.8. The Labute approximate surface area is 109 Å². The van der Waals surface area contributed by atoms with Gasteiger partial charge in [-0.2, -0.15) is 0 Å². The molecule has 88 valence electrons. The third-order valence-electron chi connectivity index (χ3n) is 3.24. The molecule has 1 heterocycles. The molecule has 1 aromatic heterocycles. The van der Waals surface area contributed by atoms with Crippen LogP contribution in [0.1, 0.15) is 30.2 Å². The van der Waals surface area contributed by atoms with E-state index in [1.54, 1.807) is 6.26 Å². The Kier molecular flexibility index (Phi) is 2.93. The van der Waals surface area contributed by atoms with Gasteiger partial charge < -0.3 is 9.73 Å². The van der Waals surface area contributed by atoms with Crippen molar-refractivity contribution in [2.45, 2.75) is 25.3 Å². The van der Waals surface area contributed by atoms with Crippen LogP contribution in [-0.4, -0.2) is 0 Å². The van der Waals surface area contributed by atoms with Crippen LogP contribution in [0.3, 0.4) is 0 Å². The molecule has 2 nitrogen and oxygen atoms in total. The van der Waals surface area contributed by atoms with Crippen LogP contribution >= 0.6 is 15.9 Å². The van der Waals surface area contributed by atoms with Gasteiger partial charge in [0, 0.05) is 22.1 Å². The molecule has 1 atom stereocenters. The van der Waals surface area contributed by atoms with Crippen LogP contribution in [0.2, 0.25) is 0 Å². The molecule has 0 amide bonds. The number of hydrogen-bond acceptors (Lipinski definition) is 2. The summed E-state index contributed by atoms with van der Waals surface area (Å²) in [5, 5.41) is 3.57. The topological polar surface area (TPSA) is 25.2 Å². The van der Waals surface area contributed by atoms with Crippen LogP contribution in [0.15, 0.2) is 45.5 Å². The third-order valence-corrected chi connectivity index (χ3v) is 3.77. The van der Waals surface area contributed by atoms with Crippen LogP contribution in [0.25, 0.3) is 0 Å². The number of anilines is 1. The lowest BCUT2D eigenvalue weighted by molar-refractivity contribution is 0.461. The van der Waals surface area contributed by atoms with Gasteiger partial charge in [-0.25, -0.2) is 0 Å². The number of rotatable bonds is 2. The van der Waals surface area contributed by atoms with Crippen LogP contribution in [0.4, 0.5) is 5.69 Å². The third kappa shape index (κ3) is 2.25. The Balaban J connectivity index is 1.81. The smallest absolute Gasteiger partial charge is 0.109 e. The number of aryl methyl sites for hydroxylation is 1. The summed E-state index contributed by atoms with van der Waals surface area (Å²) < 4.78 is 6.60. The van der Waals surface area contributed by atoms with Crippen LogP contribution in [0, 0.1) is 0 Å². The Morgan fingerprint density at radius 1 is 1.18 bits per heavy atom. The Morgan fingerprint density at radius 3 is 2.82 bits per heavy atom. The molecule has 0 bridgehead atoms. The van der Waals surface area contributed by atoms with E-state index >= 15 is 0 Å². The van der Waals surface area contributed by atoms with Gasteiger partial charge in [-0.15, -0.1) is 0 Å². The lowest BCUT2D eigenvalue weighted by Crippen LogP contribution is -2.15. The SMILES string of the molecule is Brc1ccc(NC2CCCc3occc32)cc1. The van der Waals surface area contributed by atoms with Crippen molar-refractivity contribution >= 4 is 21.6 Å². The number of hydrogen-bond donors (Lipinski definition) is 1. The number of halogens is 1. The minimum absolute atomic E-state index is 0.388. The second-order valence-corrected chi connectivity index (χ2v) is 5.31. The quantitative estimate of drug-likeness (QED) is 0.879. The van der Waals surface area contributed by atoms with E-state index < -0.39 is 0 Å². The lowest BCUT2D eigenvalue weighted by atomic mass is 9.93. The van der Waals surface area contributed by atoms with Gasteiger partial charge >= 0.3 is 0 Å². The number of benzene rings is 1. The number of nitrogens with one attached hydrogen (secondary N) is 1. The van der Waals surface area contributed by atoms with E-state index in [4.69, 9.17) is 4.42 Å². The summed E-state index contributed by atoms with van der Waals surface area (Å²) in [6.07, 6.45) is 5.23. The summed E-state index contributed by atoms with van der Waals surface area (Å²) in [5.41, 5.74) is 2.48. The predicted molar refractivity (Wildman–Crippen MR) is 72.2 cm³/mol. The van der Waals surface area contributed by atoms with E-state index in [9.17, 15) is 0 Å². The molecular weight excluding hydrogens is 278 g/mol. The molecule has 0 aliphatic heterocycles. The Hall–Kier alpha value is -1.22. The highest BCUT2D eigenvalue weighted by Gasteiger charge is 2.22. The summed E-state index contributed by atoms with van der Waals surface area (Å²) in [6.45, 7) is 0. The minimum atomic E-state index is 0.388. The molecule has 1 N–H and O–H groups in total. The van der Waals surface area contributed by atoms with Gasteiger partial charge in [0.15, 0.2) is 0 Å². The zero-order valence-electron chi connectivity index (χ0n) is 9.45. The molecule has 17 heavy (non-hydrogen) atoms. The van der Waals surface area contributed by atoms with Crippen molar-refractivity contribution < 1.29 is 4.42 Å². The Morgan fingerprint density at radius 2 is 2.00 bits per heavy atom. The lowest BCUT2D eigenvalue weighted by Gasteiger charge is -2.23. The average Bonchev–Trinajstić information content (AvgIpc) is 2.81. The number of fused-ring (bicyclic) bond motifs is 1. The van der Waals surface area contributed by atoms with Gasteiger partial charge in [0.2, 0.25) is 0 Å². The van der Waals surface area contributed by atoms with Gasteiger partial charge in [0.25, 0.3) is 0 Å². The molecule has 3 heteroatoms. The summed E-state index contributed by atoms with van der Waals surface area (Å²) in [7, 11) is 0. The van der Waals surface area contributed by atoms with Gasteiger partial charge in [0.05, 0.1) is 12.3 Å². The number of furan rings is 1.